The van der Waals surface area contributed by atoms with Crippen LogP contribution in [0, 0.1) is 6.92 Å². The molecule has 2 amide bonds. The molecule has 142 valence electrons. The molecule has 7 nitrogen and oxygen atoms in total. The SMILES string of the molecule is Cc1nnc2n1CCN(C(=O)Cc1cccc(Cl)c1)C2C(=O)N1CCCC1. The summed E-state index contributed by atoms with van der Waals surface area (Å²) < 4.78 is 1.95. The molecule has 1 atom stereocenters. The van der Waals surface area contributed by atoms with Crippen LogP contribution in [0.5, 0.6) is 0 Å². The molecule has 8 heteroatoms. The molecule has 1 fully saturated rings. The summed E-state index contributed by atoms with van der Waals surface area (Å²) in [7, 11) is 0. The first-order valence-electron chi connectivity index (χ1n) is 9.27. The van der Waals surface area contributed by atoms with Crippen LogP contribution in [0.1, 0.15) is 36.1 Å². The maximum absolute atomic E-state index is 13.2. The minimum atomic E-state index is -0.704. The Morgan fingerprint density at radius 1 is 1.15 bits per heavy atom. The molecular weight excluding hydrogens is 366 g/mol. The first kappa shape index (κ1) is 18.0. The second-order valence-corrected chi connectivity index (χ2v) is 7.52. The predicted molar refractivity (Wildman–Crippen MR) is 100 cm³/mol. The Labute approximate surface area is 162 Å². The van der Waals surface area contributed by atoms with E-state index in [1.807, 2.05) is 28.5 Å². The minimum absolute atomic E-state index is 0.0553. The maximum atomic E-state index is 13.2. The summed E-state index contributed by atoms with van der Waals surface area (Å²) in [4.78, 5) is 29.8. The number of nitrogens with zero attached hydrogens (tertiary/aromatic N) is 5. The molecule has 0 spiro atoms. The molecule has 27 heavy (non-hydrogen) atoms. The molecule has 0 bridgehead atoms. The van der Waals surface area contributed by atoms with Crippen molar-refractivity contribution in [3.63, 3.8) is 0 Å². The highest BCUT2D eigenvalue weighted by atomic mass is 35.5. The lowest BCUT2D eigenvalue weighted by Crippen LogP contribution is -2.50. The summed E-state index contributed by atoms with van der Waals surface area (Å²) in [5.41, 5.74) is 0.836. The van der Waals surface area contributed by atoms with Crippen molar-refractivity contribution in [3.8, 4) is 0 Å². The van der Waals surface area contributed by atoms with Crippen LogP contribution in [-0.2, 0) is 22.6 Å². The second kappa shape index (κ2) is 7.31. The van der Waals surface area contributed by atoms with Crippen LogP contribution in [0.2, 0.25) is 5.02 Å². The molecule has 0 radical (unpaired) electrons. The highest BCUT2D eigenvalue weighted by Crippen LogP contribution is 2.29. The van der Waals surface area contributed by atoms with Crippen molar-refractivity contribution in [2.75, 3.05) is 19.6 Å². The van der Waals surface area contributed by atoms with Gasteiger partial charge in [-0.05, 0) is 37.5 Å². The number of hydrogen-bond donors (Lipinski definition) is 0. The number of aryl methyl sites for hydroxylation is 1. The molecule has 3 heterocycles. The third-order valence-corrected chi connectivity index (χ3v) is 5.54. The fourth-order valence-electron chi connectivity index (χ4n) is 3.90. The standard InChI is InChI=1S/C19H22ClN5O2/c1-13-21-22-18-17(19(27)23-7-2-3-8-23)25(10-9-24(13)18)16(26)12-14-5-4-6-15(20)11-14/h4-6,11,17H,2-3,7-10,12H2,1H3. The van der Waals surface area contributed by atoms with E-state index in [-0.39, 0.29) is 18.2 Å². The lowest BCUT2D eigenvalue weighted by Gasteiger charge is -2.36. The number of carbonyl (C=O) groups is 2. The largest absolute Gasteiger partial charge is 0.340 e. The Hall–Kier alpha value is -2.41. The Morgan fingerprint density at radius 2 is 1.93 bits per heavy atom. The number of hydrogen-bond acceptors (Lipinski definition) is 4. The zero-order valence-electron chi connectivity index (χ0n) is 15.3. The summed E-state index contributed by atoms with van der Waals surface area (Å²) in [5, 5.41) is 8.96. The molecular formula is C19H22ClN5O2. The van der Waals surface area contributed by atoms with Crippen molar-refractivity contribution in [3.05, 3.63) is 46.5 Å². The average Bonchev–Trinajstić information content (AvgIpc) is 3.31. The van der Waals surface area contributed by atoms with Gasteiger partial charge < -0.3 is 14.4 Å². The van der Waals surface area contributed by atoms with Gasteiger partial charge in [0.25, 0.3) is 5.91 Å². The molecule has 1 unspecified atom stereocenters. The molecule has 1 aromatic carbocycles. The topological polar surface area (TPSA) is 71.3 Å². The quantitative estimate of drug-likeness (QED) is 0.807. The number of carbonyl (C=O) groups excluding carboxylic acids is 2. The van der Waals surface area contributed by atoms with E-state index in [0.717, 1.165) is 37.3 Å². The molecule has 2 aliphatic heterocycles. The van der Waals surface area contributed by atoms with E-state index in [2.05, 4.69) is 10.2 Å². The van der Waals surface area contributed by atoms with E-state index in [0.29, 0.717) is 23.9 Å². The van der Waals surface area contributed by atoms with Gasteiger partial charge in [-0.15, -0.1) is 10.2 Å². The lowest BCUT2D eigenvalue weighted by molar-refractivity contribution is -0.147. The highest BCUT2D eigenvalue weighted by molar-refractivity contribution is 6.30. The number of rotatable bonds is 3. The fourth-order valence-corrected chi connectivity index (χ4v) is 4.11. The molecule has 0 saturated carbocycles. The first-order chi connectivity index (χ1) is 13.0. The van der Waals surface area contributed by atoms with Gasteiger partial charge in [0.05, 0.1) is 6.42 Å². The van der Waals surface area contributed by atoms with Crippen molar-refractivity contribution >= 4 is 23.4 Å². The van der Waals surface area contributed by atoms with Crippen molar-refractivity contribution in [2.45, 2.75) is 38.8 Å². The minimum Gasteiger partial charge on any atom is -0.340 e. The van der Waals surface area contributed by atoms with Gasteiger partial charge in [-0.3, -0.25) is 9.59 Å². The molecule has 4 rings (SSSR count). The van der Waals surface area contributed by atoms with E-state index in [4.69, 9.17) is 11.6 Å². The number of amides is 2. The molecule has 1 aromatic heterocycles. The van der Waals surface area contributed by atoms with Crippen LogP contribution in [0.3, 0.4) is 0 Å². The molecule has 2 aromatic rings. The highest BCUT2D eigenvalue weighted by Gasteiger charge is 2.41. The third kappa shape index (κ3) is 3.43. The lowest BCUT2D eigenvalue weighted by atomic mass is 10.1. The summed E-state index contributed by atoms with van der Waals surface area (Å²) in [6.45, 7) is 4.41. The molecule has 2 aliphatic rings. The third-order valence-electron chi connectivity index (χ3n) is 5.30. The van der Waals surface area contributed by atoms with Crippen LogP contribution in [0.15, 0.2) is 24.3 Å². The predicted octanol–water partition coefficient (Wildman–Crippen LogP) is 1.99. The second-order valence-electron chi connectivity index (χ2n) is 7.09. The van der Waals surface area contributed by atoms with Gasteiger partial charge in [0.15, 0.2) is 11.9 Å². The Balaban J connectivity index is 1.63. The average molecular weight is 388 g/mol. The zero-order valence-corrected chi connectivity index (χ0v) is 16.0. The van der Waals surface area contributed by atoms with Gasteiger partial charge in [0, 0.05) is 31.2 Å². The van der Waals surface area contributed by atoms with Crippen molar-refractivity contribution in [1.82, 2.24) is 24.6 Å². The normalized spacial score (nSPS) is 19.3. The molecule has 0 N–H and O–H groups in total. The van der Waals surface area contributed by atoms with Crippen LogP contribution >= 0.6 is 11.6 Å². The van der Waals surface area contributed by atoms with Crippen LogP contribution in [0.4, 0.5) is 0 Å². The fraction of sp³-hybridized carbons (Fsp3) is 0.474. The summed E-state index contributed by atoms with van der Waals surface area (Å²) in [6, 6.07) is 6.56. The van der Waals surface area contributed by atoms with E-state index in [1.165, 1.54) is 0 Å². The summed E-state index contributed by atoms with van der Waals surface area (Å²) in [6.07, 6.45) is 2.21. The van der Waals surface area contributed by atoms with Gasteiger partial charge in [-0.1, -0.05) is 23.7 Å². The van der Waals surface area contributed by atoms with E-state index in [1.54, 1.807) is 17.0 Å². The van der Waals surface area contributed by atoms with Crippen LogP contribution < -0.4 is 0 Å². The first-order valence-corrected chi connectivity index (χ1v) is 9.65. The van der Waals surface area contributed by atoms with Gasteiger partial charge in [0.2, 0.25) is 5.91 Å². The summed E-state index contributed by atoms with van der Waals surface area (Å²) in [5.74, 6) is 1.18. The number of halogens is 1. The number of fused-ring (bicyclic) bond motifs is 1. The van der Waals surface area contributed by atoms with Crippen molar-refractivity contribution in [2.24, 2.45) is 0 Å². The molecule has 0 aliphatic carbocycles. The number of benzene rings is 1. The van der Waals surface area contributed by atoms with E-state index >= 15 is 0 Å². The zero-order chi connectivity index (χ0) is 19.0. The van der Waals surface area contributed by atoms with Crippen LogP contribution in [-0.4, -0.2) is 56.0 Å². The van der Waals surface area contributed by atoms with Crippen molar-refractivity contribution < 1.29 is 9.59 Å². The smallest absolute Gasteiger partial charge is 0.253 e. The van der Waals surface area contributed by atoms with Gasteiger partial charge in [-0.25, -0.2) is 0 Å². The van der Waals surface area contributed by atoms with Gasteiger partial charge >= 0.3 is 0 Å². The Kier molecular flexibility index (Phi) is 4.86. The van der Waals surface area contributed by atoms with E-state index < -0.39 is 6.04 Å². The van der Waals surface area contributed by atoms with Gasteiger partial charge in [0.1, 0.15) is 5.82 Å². The Morgan fingerprint density at radius 3 is 2.67 bits per heavy atom. The number of likely N-dealkylation sites (tertiary alicyclic amines) is 1. The molecule has 1 saturated heterocycles. The number of aromatic nitrogens is 3. The summed E-state index contributed by atoms with van der Waals surface area (Å²) >= 11 is 6.04. The van der Waals surface area contributed by atoms with Crippen molar-refractivity contribution in [1.29, 1.82) is 0 Å². The van der Waals surface area contributed by atoms with Crippen LogP contribution in [0.25, 0.3) is 0 Å². The van der Waals surface area contributed by atoms with E-state index in [9.17, 15) is 9.59 Å². The van der Waals surface area contributed by atoms with Gasteiger partial charge in [-0.2, -0.15) is 0 Å². The maximum Gasteiger partial charge on any atom is 0.253 e. The monoisotopic (exact) mass is 387 g/mol. The Bertz CT molecular complexity index is 875.